The average Bonchev–Trinajstić information content (AvgIpc) is 2.94. The van der Waals surface area contributed by atoms with Gasteiger partial charge in [0.2, 0.25) is 11.9 Å². The van der Waals surface area contributed by atoms with Crippen molar-refractivity contribution in [3.8, 4) is 0 Å². The van der Waals surface area contributed by atoms with E-state index in [-0.39, 0.29) is 23.5 Å². The van der Waals surface area contributed by atoms with Crippen LogP contribution in [-0.4, -0.2) is 51.4 Å². The molecule has 1 atom stereocenters. The predicted octanol–water partition coefficient (Wildman–Crippen LogP) is -0.113. The van der Waals surface area contributed by atoms with Crippen LogP contribution in [0.3, 0.4) is 0 Å². The van der Waals surface area contributed by atoms with Gasteiger partial charge in [0.1, 0.15) is 0 Å². The number of H-pyrrole nitrogens is 1. The summed E-state index contributed by atoms with van der Waals surface area (Å²) in [5.41, 5.74) is 6.67. The van der Waals surface area contributed by atoms with Crippen LogP contribution in [0.5, 0.6) is 0 Å². The van der Waals surface area contributed by atoms with Crippen LogP contribution < -0.4 is 11.3 Å². The van der Waals surface area contributed by atoms with Gasteiger partial charge in [-0.05, 0) is 25.8 Å². The molecule has 1 aromatic heterocycles. The minimum absolute atomic E-state index is 0.0844. The SMILES string of the molecule is C=CCN1CCC[C@H]1C(=O)N1CCc2c(nc(N)[nH]c2=O)C1. The molecule has 0 bridgehead atoms. The molecule has 1 amide bonds. The number of nitrogens with one attached hydrogen (secondary N) is 1. The highest BCUT2D eigenvalue weighted by molar-refractivity contribution is 5.82. The van der Waals surface area contributed by atoms with Gasteiger partial charge in [-0.15, -0.1) is 6.58 Å². The number of amides is 1. The Hall–Kier alpha value is -2.15. The highest BCUT2D eigenvalue weighted by Crippen LogP contribution is 2.22. The van der Waals surface area contributed by atoms with Crippen molar-refractivity contribution >= 4 is 11.9 Å². The smallest absolute Gasteiger partial charge is 0.255 e. The van der Waals surface area contributed by atoms with E-state index in [9.17, 15) is 9.59 Å². The molecule has 0 unspecified atom stereocenters. The lowest BCUT2D eigenvalue weighted by Gasteiger charge is -2.32. The van der Waals surface area contributed by atoms with Crippen molar-refractivity contribution in [2.24, 2.45) is 0 Å². The molecule has 7 heteroatoms. The first-order chi connectivity index (χ1) is 10.6. The predicted molar refractivity (Wildman–Crippen MR) is 83.2 cm³/mol. The third-order valence-corrected chi connectivity index (χ3v) is 4.42. The number of anilines is 1. The number of likely N-dealkylation sites (tertiary alicyclic amines) is 1. The van der Waals surface area contributed by atoms with Crippen LogP contribution in [0, 0.1) is 0 Å². The molecule has 0 aromatic carbocycles. The number of carbonyl (C=O) groups is 1. The zero-order valence-corrected chi connectivity index (χ0v) is 12.5. The fourth-order valence-corrected chi connectivity index (χ4v) is 3.35. The average molecular weight is 303 g/mol. The number of hydrogen-bond acceptors (Lipinski definition) is 5. The molecule has 0 radical (unpaired) electrons. The van der Waals surface area contributed by atoms with Crippen molar-refractivity contribution < 1.29 is 4.79 Å². The molecular formula is C15H21N5O2. The monoisotopic (exact) mass is 303 g/mol. The Bertz CT molecular complexity index is 654. The number of aromatic nitrogens is 2. The molecule has 1 saturated heterocycles. The summed E-state index contributed by atoms with van der Waals surface area (Å²) >= 11 is 0. The van der Waals surface area contributed by atoms with E-state index in [1.54, 1.807) is 4.90 Å². The van der Waals surface area contributed by atoms with Gasteiger partial charge in [0.15, 0.2) is 0 Å². The summed E-state index contributed by atoms with van der Waals surface area (Å²) in [6.07, 6.45) is 4.26. The van der Waals surface area contributed by atoms with Crippen LogP contribution in [-0.2, 0) is 17.8 Å². The second-order valence-corrected chi connectivity index (χ2v) is 5.83. The molecule has 3 rings (SSSR count). The molecule has 22 heavy (non-hydrogen) atoms. The molecule has 7 nitrogen and oxygen atoms in total. The van der Waals surface area contributed by atoms with Crippen LogP contribution in [0.4, 0.5) is 5.95 Å². The Kier molecular flexibility index (Phi) is 3.98. The summed E-state index contributed by atoms with van der Waals surface area (Å²) in [4.78, 5) is 35.3. The lowest BCUT2D eigenvalue weighted by Crippen LogP contribution is -2.48. The third kappa shape index (κ3) is 2.64. The fraction of sp³-hybridized carbons (Fsp3) is 0.533. The lowest BCUT2D eigenvalue weighted by atomic mass is 10.0. The molecule has 0 saturated carbocycles. The summed E-state index contributed by atoms with van der Waals surface area (Å²) < 4.78 is 0. The van der Waals surface area contributed by atoms with Crippen LogP contribution in [0.1, 0.15) is 24.1 Å². The van der Waals surface area contributed by atoms with E-state index in [0.29, 0.717) is 30.8 Å². The van der Waals surface area contributed by atoms with E-state index >= 15 is 0 Å². The van der Waals surface area contributed by atoms with E-state index in [1.807, 2.05) is 6.08 Å². The molecule has 0 spiro atoms. The molecule has 1 aromatic rings. The summed E-state index contributed by atoms with van der Waals surface area (Å²) in [6.45, 7) is 6.32. The third-order valence-electron chi connectivity index (χ3n) is 4.42. The van der Waals surface area contributed by atoms with Crippen molar-refractivity contribution in [3.63, 3.8) is 0 Å². The normalized spacial score (nSPS) is 21.6. The fourth-order valence-electron chi connectivity index (χ4n) is 3.35. The van der Waals surface area contributed by atoms with Gasteiger partial charge < -0.3 is 10.6 Å². The standard InChI is InChI=1S/C15H21N5O2/c1-2-6-19-7-3-4-12(19)14(22)20-8-5-10-11(9-20)17-15(16)18-13(10)21/h2,12H,1,3-9H2,(H3,16,17,18,21)/t12-/m0/s1. The zero-order valence-electron chi connectivity index (χ0n) is 12.5. The number of rotatable bonds is 3. The lowest BCUT2D eigenvalue weighted by molar-refractivity contribution is -0.136. The minimum Gasteiger partial charge on any atom is -0.369 e. The number of nitrogen functional groups attached to an aromatic ring is 1. The van der Waals surface area contributed by atoms with Gasteiger partial charge in [-0.25, -0.2) is 4.98 Å². The highest BCUT2D eigenvalue weighted by atomic mass is 16.2. The minimum atomic E-state index is -0.191. The molecule has 3 heterocycles. The summed E-state index contributed by atoms with van der Waals surface area (Å²) in [5.74, 6) is 0.220. The van der Waals surface area contributed by atoms with Crippen molar-refractivity contribution in [2.75, 3.05) is 25.4 Å². The second kappa shape index (κ2) is 5.92. The number of nitrogens with zero attached hydrogens (tertiary/aromatic N) is 3. The van der Waals surface area contributed by atoms with Crippen LogP contribution in [0.25, 0.3) is 0 Å². The van der Waals surface area contributed by atoms with Gasteiger partial charge in [0.25, 0.3) is 5.56 Å². The molecule has 118 valence electrons. The first-order valence-corrected chi connectivity index (χ1v) is 7.61. The number of hydrogen-bond donors (Lipinski definition) is 2. The van der Waals surface area contributed by atoms with Gasteiger partial charge in [-0.2, -0.15) is 0 Å². The number of carbonyl (C=O) groups excluding carboxylic acids is 1. The van der Waals surface area contributed by atoms with E-state index in [4.69, 9.17) is 5.73 Å². The second-order valence-electron chi connectivity index (χ2n) is 5.83. The quantitative estimate of drug-likeness (QED) is 0.760. The van der Waals surface area contributed by atoms with Crippen LogP contribution in [0.2, 0.25) is 0 Å². The Morgan fingerprint density at radius 1 is 1.50 bits per heavy atom. The molecule has 1 fully saturated rings. The van der Waals surface area contributed by atoms with Crippen molar-refractivity contribution in [1.29, 1.82) is 0 Å². The van der Waals surface area contributed by atoms with Gasteiger partial charge in [0.05, 0.1) is 18.3 Å². The van der Waals surface area contributed by atoms with E-state index in [2.05, 4.69) is 21.4 Å². The highest BCUT2D eigenvalue weighted by Gasteiger charge is 2.34. The molecule has 0 aliphatic carbocycles. The van der Waals surface area contributed by atoms with E-state index in [1.165, 1.54) is 0 Å². The van der Waals surface area contributed by atoms with Crippen molar-refractivity contribution in [1.82, 2.24) is 19.8 Å². The number of nitrogens with two attached hydrogens (primary N) is 1. The summed E-state index contributed by atoms with van der Waals surface area (Å²) in [7, 11) is 0. The maximum Gasteiger partial charge on any atom is 0.255 e. The van der Waals surface area contributed by atoms with Gasteiger partial charge in [0, 0.05) is 18.7 Å². The topological polar surface area (TPSA) is 95.3 Å². The Balaban J connectivity index is 1.78. The van der Waals surface area contributed by atoms with E-state index in [0.717, 1.165) is 25.9 Å². The molecule has 3 N–H and O–H groups in total. The van der Waals surface area contributed by atoms with E-state index < -0.39 is 0 Å². The Labute approximate surface area is 128 Å². The van der Waals surface area contributed by atoms with Crippen molar-refractivity contribution in [2.45, 2.75) is 31.8 Å². The molecule has 2 aliphatic rings. The summed E-state index contributed by atoms with van der Waals surface area (Å²) in [5, 5.41) is 0. The summed E-state index contributed by atoms with van der Waals surface area (Å²) in [6, 6.07) is -0.0844. The zero-order chi connectivity index (χ0) is 15.7. The maximum atomic E-state index is 12.8. The first-order valence-electron chi connectivity index (χ1n) is 7.61. The van der Waals surface area contributed by atoms with Crippen molar-refractivity contribution in [3.05, 3.63) is 34.3 Å². The molecular weight excluding hydrogens is 282 g/mol. The van der Waals surface area contributed by atoms with Crippen LogP contribution >= 0.6 is 0 Å². The maximum absolute atomic E-state index is 12.8. The molecule has 2 aliphatic heterocycles. The van der Waals surface area contributed by atoms with Crippen LogP contribution in [0.15, 0.2) is 17.4 Å². The van der Waals surface area contributed by atoms with Gasteiger partial charge in [-0.3, -0.25) is 19.5 Å². The Morgan fingerprint density at radius 3 is 3.09 bits per heavy atom. The van der Waals surface area contributed by atoms with Gasteiger partial charge in [-0.1, -0.05) is 6.08 Å². The number of fused-ring (bicyclic) bond motifs is 1. The first kappa shape index (κ1) is 14.8. The largest absolute Gasteiger partial charge is 0.369 e. The Morgan fingerprint density at radius 2 is 2.32 bits per heavy atom. The number of aromatic amines is 1. The van der Waals surface area contributed by atoms with Gasteiger partial charge >= 0.3 is 0 Å².